The Morgan fingerprint density at radius 1 is 0.929 bits per heavy atom. The minimum absolute atomic E-state index is 0.238. The van der Waals surface area contributed by atoms with Crippen LogP contribution in [0.1, 0.15) is 22.0 Å². The predicted molar refractivity (Wildman–Crippen MR) is 103 cm³/mol. The lowest BCUT2D eigenvalue weighted by molar-refractivity contribution is -0.125. The number of esters is 1. The van der Waals surface area contributed by atoms with Crippen LogP contribution in [0, 0.1) is 5.82 Å². The highest BCUT2D eigenvalue weighted by molar-refractivity contribution is 5.98. The lowest BCUT2D eigenvalue weighted by atomic mass is 10.1. The van der Waals surface area contributed by atoms with Crippen molar-refractivity contribution in [1.29, 1.82) is 0 Å². The molecule has 0 fully saturated rings. The second-order valence-electron chi connectivity index (χ2n) is 5.90. The Labute approximate surface area is 161 Å². The van der Waals surface area contributed by atoms with Gasteiger partial charge < -0.3 is 14.8 Å². The van der Waals surface area contributed by atoms with Crippen molar-refractivity contribution in [1.82, 2.24) is 0 Å². The molecule has 0 aromatic heterocycles. The van der Waals surface area contributed by atoms with Crippen molar-refractivity contribution < 1.29 is 23.5 Å². The number of methoxy groups -OCH3 is 1. The molecule has 0 aliphatic rings. The van der Waals surface area contributed by atoms with E-state index in [0.717, 1.165) is 6.07 Å². The van der Waals surface area contributed by atoms with Gasteiger partial charge in [0.1, 0.15) is 11.6 Å². The van der Waals surface area contributed by atoms with Gasteiger partial charge in [0, 0.05) is 17.3 Å². The fraction of sp³-hybridized carbons (Fsp3) is 0.0909. The maximum atomic E-state index is 13.9. The lowest BCUT2D eigenvalue weighted by Crippen LogP contribution is -2.26. The van der Waals surface area contributed by atoms with E-state index in [1.54, 1.807) is 54.6 Å². The number of carbonyl (C=O) groups is 2. The van der Waals surface area contributed by atoms with Crippen LogP contribution in [-0.4, -0.2) is 19.0 Å². The fourth-order valence-corrected chi connectivity index (χ4v) is 2.61. The number of ether oxygens (including phenoxy) is 2. The first kappa shape index (κ1) is 19.1. The van der Waals surface area contributed by atoms with E-state index in [2.05, 4.69) is 5.32 Å². The SMILES string of the molecule is COc1cccc(NC(=O)C(OC(=O)c2ccccc2F)c2ccccc2)c1. The van der Waals surface area contributed by atoms with E-state index in [-0.39, 0.29) is 5.56 Å². The summed E-state index contributed by atoms with van der Waals surface area (Å²) in [7, 11) is 1.52. The van der Waals surface area contributed by atoms with Crippen molar-refractivity contribution in [3.8, 4) is 5.75 Å². The van der Waals surface area contributed by atoms with Gasteiger partial charge in [-0.2, -0.15) is 0 Å². The van der Waals surface area contributed by atoms with Crippen LogP contribution in [0.15, 0.2) is 78.9 Å². The zero-order valence-electron chi connectivity index (χ0n) is 15.1. The molecule has 0 aliphatic carbocycles. The normalized spacial score (nSPS) is 11.4. The first-order chi connectivity index (χ1) is 13.6. The Hall–Kier alpha value is -3.67. The van der Waals surface area contributed by atoms with Gasteiger partial charge in [-0.1, -0.05) is 48.5 Å². The van der Waals surface area contributed by atoms with E-state index in [1.807, 2.05) is 0 Å². The third-order valence-electron chi connectivity index (χ3n) is 4.00. The fourth-order valence-electron chi connectivity index (χ4n) is 2.61. The van der Waals surface area contributed by atoms with Gasteiger partial charge in [0.25, 0.3) is 5.91 Å². The van der Waals surface area contributed by atoms with Crippen molar-refractivity contribution >= 4 is 17.6 Å². The van der Waals surface area contributed by atoms with Gasteiger partial charge in [-0.15, -0.1) is 0 Å². The Morgan fingerprint density at radius 2 is 1.64 bits per heavy atom. The lowest BCUT2D eigenvalue weighted by Gasteiger charge is -2.18. The summed E-state index contributed by atoms with van der Waals surface area (Å²) in [6.45, 7) is 0. The molecule has 3 rings (SSSR count). The maximum absolute atomic E-state index is 13.9. The summed E-state index contributed by atoms with van der Waals surface area (Å²) >= 11 is 0. The number of anilines is 1. The van der Waals surface area contributed by atoms with Crippen molar-refractivity contribution in [3.05, 3.63) is 95.8 Å². The highest BCUT2D eigenvalue weighted by Gasteiger charge is 2.27. The summed E-state index contributed by atoms with van der Waals surface area (Å²) in [4.78, 5) is 25.3. The van der Waals surface area contributed by atoms with E-state index < -0.39 is 23.8 Å². The van der Waals surface area contributed by atoms with E-state index in [4.69, 9.17) is 9.47 Å². The second-order valence-corrected chi connectivity index (χ2v) is 5.90. The van der Waals surface area contributed by atoms with Crippen LogP contribution in [0.4, 0.5) is 10.1 Å². The van der Waals surface area contributed by atoms with Crippen molar-refractivity contribution in [3.63, 3.8) is 0 Å². The zero-order valence-corrected chi connectivity index (χ0v) is 15.1. The smallest absolute Gasteiger partial charge is 0.342 e. The van der Waals surface area contributed by atoms with E-state index >= 15 is 0 Å². The first-order valence-electron chi connectivity index (χ1n) is 8.54. The van der Waals surface area contributed by atoms with Crippen LogP contribution in [0.2, 0.25) is 0 Å². The van der Waals surface area contributed by atoms with Crippen LogP contribution in [-0.2, 0) is 9.53 Å². The molecule has 28 heavy (non-hydrogen) atoms. The maximum Gasteiger partial charge on any atom is 0.342 e. The molecule has 3 aromatic carbocycles. The standard InChI is InChI=1S/C22H18FNO4/c1-27-17-11-7-10-16(14-17)24-21(25)20(15-8-3-2-4-9-15)28-22(26)18-12-5-6-13-19(18)23/h2-14,20H,1H3,(H,24,25). The molecule has 0 bridgehead atoms. The molecule has 1 N–H and O–H groups in total. The molecule has 1 amide bonds. The number of nitrogens with one attached hydrogen (secondary N) is 1. The molecule has 142 valence electrons. The summed E-state index contributed by atoms with van der Waals surface area (Å²) in [5, 5.41) is 2.70. The number of hydrogen-bond acceptors (Lipinski definition) is 4. The van der Waals surface area contributed by atoms with Gasteiger partial charge >= 0.3 is 5.97 Å². The molecule has 0 radical (unpaired) electrons. The molecular formula is C22H18FNO4. The third-order valence-corrected chi connectivity index (χ3v) is 4.00. The largest absolute Gasteiger partial charge is 0.497 e. The number of amides is 1. The van der Waals surface area contributed by atoms with Crippen LogP contribution in [0.25, 0.3) is 0 Å². The van der Waals surface area contributed by atoms with Crippen molar-refractivity contribution in [2.45, 2.75) is 6.10 Å². The minimum atomic E-state index is -1.25. The van der Waals surface area contributed by atoms with Crippen molar-refractivity contribution in [2.24, 2.45) is 0 Å². The average Bonchev–Trinajstić information content (AvgIpc) is 2.73. The van der Waals surface area contributed by atoms with Gasteiger partial charge in [0.05, 0.1) is 12.7 Å². The van der Waals surface area contributed by atoms with E-state index in [0.29, 0.717) is 17.0 Å². The molecule has 0 saturated heterocycles. The molecule has 1 unspecified atom stereocenters. The van der Waals surface area contributed by atoms with Gasteiger partial charge in [-0.05, 0) is 24.3 Å². The second kappa shape index (κ2) is 8.81. The summed E-state index contributed by atoms with van der Waals surface area (Å²) in [6, 6.07) is 20.8. The summed E-state index contributed by atoms with van der Waals surface area (Å²) in [5.41, 5.74) is 0.706. The molecular weight excluding hydrogens is 361 g/mol. The average molecular weight is 379 g/mol. The predicted octanol–water partition coefficient (Wildman–Crippen LogP) is 4.37. The molecule has 5 nitrogen and oxygen atoms in total. The number of rotatable bonds is 6. The summed E-state index contributed by atoms with van der Waals surface area (Å²) < 4.78 is 24.4. The topological polar surface area (TPSA) is 64.6 Å². The molecule has 0 aliphatic heterocycles. The Kier molecular flexibility index (Phi) is 6.01. The van der Waals surface area contributed by atoms with E-state index in [1.165, 1.54) is 25.3 Å². The monoisotopic (exact) mass is 379 g/mol. The Balaban J connectivity index is 1.86. The molecule has 6 heteroatoms. The zero-order chi connectivity index (χ0) is 19.9. The van der Waals surface area contributed by atoms with Crippen LogP contribution >= 0.6 is 0 Å². The first-order valence-corrected chi connectivity index (χ1v) is 8.54. The Bertz CT molecular complexity index is 975. The van der Waals surface area contributed by atoms with E-state index in [9.17, 15) is 14.0 Å². The number of carbonyl (C=O) groups excluding carboxylic acids is 2. The van der Waals surface area contributed by atoms with Crippen molar-refractivity contribution in [2.75, 3.05) is 12.4 Å². The Morgan fingerprint density at radius 3 is 2.36 bits per heavy atom. The quantitative estimate of drug-likeness (QED) is 0.646. The molecule has 0 heterocycles. The molecule has 3 aromatic rings. The number of halogens is 1. The van der Waals surface area contributed by atoms with Crippen LogP contribution in [0.3, 0.4) is 0 Å². The summed E-state index contributed by atoms with van der Waals surface area (Å²) in [6.07, 6.45) is -1.25. The van der Waals surface area contributed by atoms with Crippen LogP contribution in [0.5, 0.6) is 5.75 Å². The van der Waals surface area contributed by atoms with Gasteiger partial charge in [-0.25, -0.2) is 9.18 Å². The highest BCUT2D eigenvalue weighted by Crippen LogP contribution is 2.24. The molecule has 0 saturated carbocycles. The minimum Gasteiger partial charge on any atom is -0.497 e. The van der Waals surface area contributed by atoms with Gasteiger partial charge in [-0.3, -0.25) is 4.79 Å². The molecule has 1 atom stereocenters. The van der Waals surface area contributed by atoms with Gasteiger partial charge in [0.2, 0.25) is 6.10 Å². The highest BCUT2D eigenvalue weighted by atomic mass is 19.1. The molecule has 0 spiro atoms. The summed E-state index contributed by atoms with van der Waals surface area (Å²) in [5.74, 6) is -1.64. The number of benzene rings is 3. The van der Waals surface area contributed by atoms with Crippen LogP contribution < -0.4 is 10.1 Å². The van der Waals surface area contributed by atoms with Gasteiger partial charge in [0.15, 0.2) is 0 Å². The number of hydrogen-bond donors (Lipinski definition) is 1. The third kappa shape index (κ3) is 4.54.